The van der Waals surface area contributed by atoms with E-state index in [9.17, 15) is 13.2 Å². The van der Waals surface area contributed by atoms with E-state index in [4.69, 9.17) is 0 Å². The van der Waals surface area contributed by atoms with E-state index in [2.05, 4.69) is 15.1 Å². The predicted octanol–water partition coefficient (Wildman–Crippen LogP) is 2.16. The highest BCUT2D eigenvalue weighted by Gasteiger charge is 2.28. The third-order valence-electron chi connectivity index (χ3n) is 2.56. The van der Waals surface area contributed by atoms with Gasteiger partial charge < -0.3 is 0 Å². The van der Waals surface area contributed by atoms with Crippen LogP contribution in [0, 0.1) is 0 Å². The van der Waals surface area contributed by atoms with E-state index in [0.29, 0.717) is 16.9 Å². The highest BCUT2D eigenvalue weighted by atomic mass is 19.4. The molecule has 0 unspecified atom stereocenters. The molecule has 0 bridgehead atoms. The summed E-state index contributed by atoms with van der Waals surface area (Å²) in [5, 5.41) is 3.68. The number of alkyl halides is 3. The molecule has 0 spiro atoms. The Hall–Kier alpha value is -2.38. The minimum absolute atomic E-state index is 0.523. The third-order valence-corrected chi connectivity index (χ3v) is 2.56. The van der Waals surface area contributed by atoms with Gasteiger partial charge in [-0.15, -0.1) is 0 Å². The summed E-state index contributed by atoms with van der Waals surface area (Å²) in [5.41, 5.74) is 1.73. The summed E-state index contributed by atoms with van der Waals surface area (Å²) in [6.45, 7) is -1.11. The topological polar surface area (TPSA) is 48.0 Å². The molecule has 3 aromatic rings. The Labute approximate surface area is 105 Å². The number of aromatic nitrogens is 5. The van der Waals surface area contributed by atoms with Gasteiger partial charge in [0.15, 0.2) is 0 Å². The molecule has 0 aliphatic carbocycles. The number of imidazole rings is 1. The average Bonchev–Trinajstić information content (AvgIpc) is 2.93. The lowest BCUT2D eigenvalue weighted by molar-refractivity contribution is -0.142. The predicted molar refractivity (Wildman–Crippen MR) is 60.3 cm³/mol. The van der Waals surface area contributed by atoms with Gasteiger partial charge in [0.1, 0.15) is 18.5 Å². The van der Waals surface area contributed by atoms with E-state index in [1.807, 2.05) is 0 Å². The van der Waals surface area contributed by atoms with Gasteiger partial charge in [0.05, 0.1) is 11.9 Å². The largest absolute Gasteiger partial charge is 0.408 e. The molecule has 3 aromatic heterocycles. The zero-order chi connectivity index (χ0) is 13.5. The molecule has 98 valence electrons. The Morgan fingerprint density at radius 3 is 2.84 bits per heavy atom. The zero-order valence-corrected chi connectivity index (χ0v) is 9.54. The van der Waals surface area contributed by atoms with Crippen molar-refractivity contribution in [3.63, 3.8) is 0 Å². The van der Waals surface area contributed by atoms with Gasteiger partial charge in [-0.3, -0.25) is 9.08 Å². The fourth-order valence-corrected chi connectivity index (χ4v) is 1.74. The van der Waals surface area contributed by atoms with Gasteiger partial charge in [-0.25, -0.2) is 9.97 Å². The smallest absolute Gasteiger partial charge is 0.290 e. The summed E-state index contributed by atoms with van der Waals surface area (Å²) < 4.78 is 39.2. The zero-order valence-electron chi connectivity index (χ0n) is 9.54. The summed E-state index contributed by atoms with van der Waals surface area (Å²) in [7, 11) is 0. The Balaban J connectivity index is 1.93. The molecule has 0 saturated heterocycles. The average molecular weight is 267 g/mol. The van der Waals surface area contributed by atoms with Gasteiger partial charge in [-0.05, 0) is 0 Å². The van der Waals surface area contributed by atoms with Crippen LogP contribution in [-0.4, -0.2) is 30.3 Å². The van der Waals surface area contributed by atoms with Gasteiger partial charge in [0, 0.05) is 30.2 Å². The third kappa shape index (κ3) is 2.42. The molecule has 8 heteroatoms. The van der Waals surface area contributed by atoms with Gasteiger partial charge in [0.2, 0.25) is 0 Å². The van der Waals surface area contributed by atoms with E-state index >= 15 is 0 Å². The van der Waals surface area contributed by atoms with Crippen molar-refractivity contribution in [2.24, 2.45) is 0 Å². The van der Waals surface area contributed by atoms with Gasteiger partial charge in [0.25, 0.3) is 0 Å². The monoisotopic (exact) mass is 267 g/mol. The number of fused-ring (bicyclic) bond motifs is 1. The molecule has 0 N–H and O–H groups in total. The van der Waals surface area contributed by atoms with Crippen molar-refractivity contribution in [1.82, 2.24) is 24.1 Å². The molecule has 19 heavy (non-hydrogen) atoms. The Kier molecular flexibility index (Phi) is 2.51. The fourth-order valence-electron chi connectivity index (χ4n) is 1.74. The molecule has 0 aliphatic heterocycles. The first-order valence-corrected chi connectivity index (χ1v) is 5.39. The van der Waals surface area contributed by atoms with Crippen LogP contribution in [0.4, 0.5) is 13.2 Å². The van der Waals surface area contributed by atoms with Crippen molar-refractivity contribution >= 4 is 5.65 Å². The van der Waals surface area contributed by atoms with Crippen LogP contribution < -0.4 is 0 Å². The minimum atomic E-state index is -4.29. The highest BCUT2D eigenvalue weighted by molar-refractivity contribution is 5.61. The normalized spacial score (nSPS) is 12.2. The molecule has 0 radical (unpaired) electrons. The molecule has 0 amide bonds. The van der Waals surface area contributed by atoms with Gasteiger partial charge in [-0.1, -0.05) is 0 Å². The first-order chi connectivity index (χ1) is 9.01. The van der Waals surface area contributed by atoms with E-state index in [0.717, 1.165) is 4.68 Å². The lowest BCUT2D eigenvalue weighted by Gasteiger charge is -2.05. The Morgan fingerprint density at radius 1 is 1.21 bits per heavy atom. The number of nitrogens with zero attached hydrogens (tertiary/aromatic N) is 5. The number of hydrogen-bond donors (Lipinski definition) is 0. The molecule has 3 rings (SSSR count). The van der Waals surface area contributed by atoms with Crippen LogP contribution in [0.2, 0.25) is 0 Å². The quantitative estimate of drug-likeness (QED) is 0.714. The number of halogens is 3. The van der Waals surface area contributed by atoms with Crippen LogP contribution in [0.25, 0.3) is 16.9 Å². The molecule has 0 aromatic carbocycles. The molecule has 3 heterocycles. The van der Waals surface area contributed by atoms with Crippen LogP contribution in [0.15, 0.2) is 37.2 Å². The van der Waals surface area contributed by atoms with Crippen LogP contribution in [0.1, 0.15) is 0 Å². The van der Waals surface area contributed by atoms with Crippen molar-refractivity contribution in [2.45, 2.75) is 12.7 Å². The fraction of sp³-hybridized carbons (Fsp3) is 0.182. The highest BCUT2D eigenvalue weighted by Crippen LogP contribution is 2.20. The SMILES string of the molecule is FC(F)(F)Cn1cc(-c2cc3nccn3cn2)cn1. The van der Waals surface area contributed by atoms with Crippen LogP contribution >= 0.6 is 0 Å². The Morgan fingerprint density at radius 2 is 2.05 bits per heavy atom. The lowest BCUT2D eigenvalue weighted by atomic mass is 10.2. The lowest BCUT2D eigenvalue weighted by Crippen LogP contribution is -2.17. The van der Waals surface area contributed by atoms with E-state index in [-0.39, 0.29) is 0 Å². The summed E-state index contributed by atoms with van der Waals surface area (Å²) in [6, 6.07) is 1.69. The molecule has 5 nitrogen and oxygen atoms in total. The number of rotatable bonds is 2. The van der Waals surface area contributed by atoms with E-state index < -0.39 is 12.7 Å². The van der Waals surface area contributed by atoms with E-state index in [1.54, 1.807) is 29.2 Å². The van der Waals surface area contributed by atoms with Crippen molar-refractivity contribution in [3.8, 4) is 11.3 Å². The van der Waals surface area contributed by atoms with Crippen LogP contribution in [0.3, 0.4) is 0 Å². The summed E-state index contributed by atoms with van der Waals surface area (Å²) in [4.78, 5) is 8.23. The van der Waals surface area contributed by atoms with Crippen molar-refractivity contribution < 1.29 is 13.2 Å². The van der Waals surface area contributed by atoms with E-state index in [1.165, 1.54) is 12.4 Å². The molecular formula is C11H8F3N5. The van der Waals surface area contributed by atoms with Crippen molar-refractivity contribution in [2.75, 3.05) is 0 Å². The van der Waals surface area contributed by atoms with Crippen LogP contribution in [-0.2, 0) is 6.54 Å². The second-order valence-electron chi connectivity index (χ2n) is 4.01. The minimum Gasteiger partial charge on any atom is -0.290 e. The van der Waals surface area contributed by atoms with Gasteiger partial charge in [-0.2, -0.15) is 18.3 Å². The van der Waals surface area contributed by atoms with Gasteiger partial charge >= 0.3 is 6.18 Å². The number of hydrogen-bond acceptors (Lipinski definition) is 3. The maximum absolute atomic E-state index is 12.2. The van der Waals surface area contributed by atoms with Crippen molar-refractivity contribution in [1.29, 1.82) is 0 Å². The van der Waals surface area contributed by atoms with Crippen molar-refractivity contribution in [3.05, 3.63) is 37.2 Å². The maximum Gasteiger partial charge on any atom is 0.408 e. The second kappa shape index (κ2) is 4.08. The molecule has 0 saturated carbocycles. The summed E-state index contributed by atoms with van der Waals surface area (Å²) in [6.07, 6.45) is 3.29. The standard InChI is InChI=1S/C11H8F3N5/c12-11(13,14)6-19-5-8(4-17-19)9-3-10-15-1-2-18(10)7-16-9/h1-5,7H,6H2. The summed E-state index contributed by atoms with van der Waals surface area (Å²) >= 11 is 0. The molecule has 0 atom stereocenters. The Bertz CT molecular complexity index is 712. The summed E-state index contributed by atoms with van der Waals surface area (Å²) in [5.74, 6) is 0. The van der Waals surface area contributed by atoms with Crippen LogP contribution in [0.5, 0.6) is 0 Å². The first-order valence-electron chi connectivity index (χ1n) is 5.39. The first kappa shape index (κ1) is 11.7. The second-order valence-corrected chi connectivity index (χ2v) is 4.01. The molecule has 0 fully saturated rings. The molecular weight excluding hydrogens is 259 g/mol. The molecule has 0 aliphatic rings. The maximum atomic E-state index is 12.2.